The van der Waals surface area contributed by atoms with Crippen molar-refractivity contribution >= 4 is 40.3 Å². The highest BCUT2D eigenvalue weighted by molar-refractivity contribution is 7.80. The van der Waals surface area contributed by atoms with E-state index in [9.17, 15) is 4.39 Å². The van der Waals surface area contributed by atoms with Crippen LogP contribution in [0.15, 0.2) is 48.5 Å². The Morgan fingerprint density at radius 2 is 1.81 bits per heavy atom. The van der Waals surface area contributed by atoms with Crippen LogP contribution in [0.2, 0.25) is 5.02 Å². The maximum atomic E-state index is 13.2. The van der Waals surface area contributed by atoms with Gasteiger partial charge in [0.1, 0.15) is 5.82 Å². The SMILES string of the molecule is Fc1ccc(NC(=S)NCCCN2CCN(c3ccccc3)CC2)cc1Cl. The average molecular weight is 407 g/mol. The molecule has 1 aliphatic heterocycles. The topological polar surface area (TPSA) is 30.5 Å². The molecule has 0 bridgehead atoms. The summed E-state index contributed by atoms with van der Waals surface area (Å²) in [6.07, 6.45) is 1.01. The monoisotopic (exact) mass is 406 g/mol. The maximum Gasteiger partial charge on any atom is 0.170 e. The molecule has 0 unspecified atom stereocenters. The molecule has 7 heteroatoms. The number of anilines is 2. The molecule has 1 aliphatic rings. The van der Waals surface area contributed by atoms with E-state index in [0.717, 1.165) is 45.7 Å². The molecule has 0 atom stereocenters. The fourth-order valence-corrected chi connectivity index (χ4v) is 3.52. The molecule has 1 saturated heterocycles. The van der Waals surface area contributed by atoms with Crippen LogP contribution < -0.4 is 15.5 Å². The zero-order chi connectivity index (χ0) is 19.1. The lowest BCUT2D eigenvalue weighted by Crippen LogP contribution is -2.47. The van der Waals surface area contributed by atoms with Gasteiger partial charge in [-0.25, -0.2) is 4.39 Å². The molecule has 3 rings (SSSR count). The van der Waals surface area contributed by atoms with Crippen molar-refractivity contribution in [3.63, 3.8) is 0 Å². The Morgan fingerprint density at radius 1 is 1.07 bits per heavy atom. The van der Waals surface area contributed by atoms with Gasteiger partial charge in [-0.3, -0.25) is 4.90 Å². The standard InChI is InChI=1S/C20H24ClFN4S/c21-18-15-16(7-8-19(18)22)24-20(27)23-9-4-10-25-11-13-26(14-12-25)17-5-2-1-3-6-17/h1-3,5-8,15H,4,9-14H2,(H2,23,24,27). The van der Waals surface area contributed by atoms with Crippen molar-refractivity contribution in [3.05, 3.63) is 59.4 Å². The molecule has 0 radical (unpaired) electrons. The summed E-state index contributed by atoms with van der Waals surface area (Å²) in [7, 11) is 0. The van der Waals surface area contributed by atoms with Crippen LogP contribution in [-0.2, 0) is 0 Å². The van der Waals surface area contributed by atoms with E-state index in [1.54, 1.807) is 6.07 Å². The molecule has 0 amide bonds. The summed E-state index contributed by atoms with van der Waals surface area (Å²) in [6, 6.07) is 15.0. The van der Waals surface area contributed by atoms with Crippen LogP contribution in [-0.4, -0.2) is 49.3 Å². The fraction of sp³-hybridized carbons (Fsp3) is 0.350. The number of nitrogens with one attached hydrogen (secondary N) is 2. The van der Waals surface area contributed by atoms with Gasteiger partial charge in [0.25, 0.3) is 0 Å². The third-order valence-corrected chi connectivity index (χ3v) is 5.14. The predicted octanol–water partition coefficient (Wildman–Crippen LogP) is 3.98. The van der Waals surface area contributed by atoms with Crippen molar-refractivity contribution in [2.75, 3.05) is 49.5 Å². The van der Waals surface area contributed by atoms with Crippen LogP contribution in [0.3, 0.4) is 0 Å². The lowest BCUT2D eigenvalue weighted by molar-refractivity contribution is 0.255. The highest BCUT2D eigenvalue weighted by Gasteiger charge is 2.16. The van der Waals surface area contributed by atoms with Gasteiger partial charge in [-0.2, -0.15) is 0 Å². The summed E-state index contributed by atoms with van der Waals surface area (Å²) in [5, 5.41) is 6.81. The summed E-state index contributed by atoms with van der Waals surface area (Å²) in [5.41, 5.74) is 1.98. The highest BCUT2D eigenvalue weighted by Crippen LogP contribution is 2.19. The maximum absolute atomic E-state index is 13.2. The van der Waals surface area contributed by atoms with Gasteiger partial charge in [-0.1, -0.05) is 29.8 Å². The second-order valence-electron chi connectivity index (χ2n) is 6.53. The number of halogens is 2. The Labute approximate surface area is 170 Å². The van der Waals surface area contributed by atoms with Crippen LogP contribution in [0.25, 0.3) is 0 Å². The van der Waals surface area contributed by atoms with Gasteiger partial charge >= 0.3 is 0 Å². The van der Waals surface area contributed by atoms with E-state index < -0.39 is 5.82 Å². The first-order valence-electron chi connectivity index (χ1n) is 9.14. The zero-order valence-corrected chi connectivity index (χ0v) is 16.7. The molecule has 2 aromatic carbocycles. The molecule has 1 heterocycles. The minimum absolute atomic E-state index is 0.0810. The third-order valence-electron chi connectivity index (χ3n) is 4.61. The van der Waals surface area contributed by atoms with Gasteiger partial charge in [0, 0.05) is 44.1 Å². The van der Waals surface area contributed by atoms with E-state index in [0.29, 0.717) is 10.8 Å². The van der Waals surface area contributed by atoms with Crippen molar-refractivity contribution in [3.8, 4) is 0 Å². The minimum Gasteiger partial charge on any atom is -0.369 e. The van der Waals surface area contributed by atoms with Crippen molar-refractivity contribution in [2.24, 2.45) is 0 Å². The van der Waals surface area contributed by atoms with E-state index in [4.69, 9.17) is 23.8 Å². The Morgan fingerprint density at radius 3 is 2.52 bits per heavy atom. The quantitative estimate of drug-likeness (QED) is 0.559. The van der Waals surface area contributed by atoms with Gasteiger partial charge in [0.05, 0.1) is 5.02 Å². The summed E-state index contributed by atoms with van der Waals surface area (Å²) >= 11 is 11.0. The van der Waals surface area contributed by atoms with E-state index in [1.165, 1.54) is 17.8 Å². The predicted molar refractivity (Wildman–Crippen MR) is 115 cm³/mol. The number of benzene rings is 2. The van der Waals surface area contributed by atoms with Crippen LogP contribution in [0.1, 0.15) is 6.42 Å². The molecular weight excluding hydrogens is 383 g/mol. The highest BCUT2D eigenvalue weighted by atomic mass is 35.5. The molecule has 4 nitrogen and oxygen atoms in total. The molecule has 144 valence electrons. The molecule has 27 heavy (non-hydrogen) atoms. The first-order valence-corrected chi connectivity index (χ1v) is 9.93. The van der Waals surface area contributed by atoms with Gasteiger partial charge in [-0.05, 0) is 55.5 Å². The zero-order valence-electron chi connectivity index (χ0n) is 15.1. The van der Waals surface area contributed by atoms with E-state index in [2.05, 4.69) is 50.8 Å². The molecule has 1 fully saturated rings. The van der Waals surface area contributed by atoms with Crippen LogP contribution in [0.4, 0.5) is 15.8 Å². The second-order valence-corrected chi connectivity index (χ2v) is 7.34. The lowest BCUT2D eigenvalue weighted by Gasteiger charge is -2.36. The van der Waals surface area contributed by atoms with Crippen LogP contribution in [0.5, 0.6) is 0 Å². The number of thiocarbonyl (C=S) groups is 1. The molecule has 0 aliphatic carbocycles. The molecule has 2 N–H and O–H groups in total. The molecular formula is C20H24ClFN4S. The molecule has 0 saturated carbocycles. The minimum atomic E-state index is -0.437. The fourth-order valence-electron chi connectivity index (χ4n) is 3.12. The largest absolute Gasteiger partial charge is 0.369 e. The molecule has 0 aromatic heterocycles. The lowest BCUT2D eigenvalue weighted by atomic mass is 10.2. The van der Waals surface area contributed by atoms with Gasteiger partial charge < -0.3 is 15.5 Å². The van der Waals surface area contributed by atoms with Crippen LogP contribution >= 0.6 is 23.8 Å². The smallest absolute Gasteiger partial charge is 0.170 e. The van der Waals surface area contributed by atoms with E-state index >= 15 is 0 Å². The molecule has 2 aromatic rings. The van der Waals surface area contributed by atoms with Crippen molar-refractivity contribution < 1.29 is 4.39 Å². The number of piperazine rings is 1. The number of hydrogen-bond donors (Lipinski definition) is 2. The third kappa shape index (κ3) is 6.06. The van der Waals surface area contributed by atoms with Gasteiger partial charge in [0.2, 0.25) is 0 Å². The Balaban J connectivity index is 1.31. The summed E-state index contributed by atoms with van der Waals surface area (Å²) in [4.78, 5) is 4.92. The van der Waals surface area contributed by atoms with E-state index in [-0.39, 0.29) is 5.02 Å². The van der Waals surface area contributed by atoms with Crippen molar-refractivity contribution in [1.29, 1.82) is 0 Å². The van der Waals surface area contributed by atoms with E-state index in [1.807, 2.05) is 0 Å². The van der Waals surface area contributed by atoms with Gasteiger partial charge in [-0.15, -0.1) is 0 Å². The number of para-hydroxylation sites is 1. The normalized spacial score (nSPS) is 14.8. The van der Waals surface area contributed by atoms with Crippen molar-refractivity contribution in [1.82, 2.24) is 10.2 Å². The summed E-state index contributed by atoms with van der Waals surface area (Å²) in [6.45, 7) is 6.10. The average Bonchev–Trinajstić information content (AvgIpc) is 2.69. The van der Waals surface area contributed by atoms with Crippen LogP contribution in [0, 0.1) is 5.82 Å². The summed E-state index contributed by atoms with van der Waals surface area (Å²) in [5.74, 6) is -0.437. The number of rotatable bonds is 6. The molecule has 0 spiro atoms. The van der Waals surface area contributed by atoms with Crippen molar-refractivity contribution in [2.45, 2.75) is 6.42 Å². The summed E-state index contributed by atoms with van der Waals surface area (Å²) < 4.78 is 13.2. The van der Waals surface area contributed by atoms with Gasteiger partial charge in [0.15, 0.2) is 5.11 Å². The Hall–Kier alpha value is -1.89. The second kappa shape index (κ2) is 9.88. The number of nitrogens with zero attached hydrogens (tertiary/aromatic N) is 2. The number of hydrogen-bond acceptors (Lipinski definition) is 3. The Kier molecular flexibility index (Phi) is 7.26. The Bertz CT molecular complexity index is 751. The first kappa shape index (κ1) is 19.9. The first-order chi connectivity index (χ1) is 13.1.